The number of imidazole rings is 1. The smallest absolute Gasteiger partial charge is 0.0946 e. The second-order valence-corrected chi connectivity index (χ2v) is 12.1. The zero-order chi connectivity index (χ0) is 22.7. The minimum Gasteiger partial charge on any atom is -0.472 e. The zero-order valence-corrected chi connectivity index (χ0v) is 20.3. The minimum atomic E-state index is -0.538. The van der Waals surface area contributed by atoms with E-state index in [4.69, 9.17) is 9.15 Å². The molecule has 33 heavy (non-hydrogen) atoms. The Kier molecular flexibility index (Phi) is 5.30. The Bertz CT molecular complexity index is 943. The van der Waals surface area contributed by atoms with Crippen LogP contribution in [-0.4, -0.2) is 33.0 Å². The Morgan fingerprint density at radius 2 is 2.03 bits per heavy atom. The number of aliphatic hydroxyl groups is 1. The summed E-state index contributed by atoms with van der Waals surface area (Å²) in [6, 6.07) is 2.13. The lowest BCUT2D eigenvalue weighted by Gasteiger charge is -2.63. The van der Waals surface area contributed by atoms with Gasteiger partial charge in [-0.05, 0) is 98.5 Å². The van der Waals surface area contributed by atoms with Crippen molar-refractivity contribution >= 4 is 0 Å². The van der Waals surface area contributed by atoms with Gasteiger partial charge in [-0.2, -0.15) is 0 Å². The predicted octanol–water partition coefficient (Wildman–Crippen LogP) is 5.80. The summed E-state index contributed by atoms with van der Waals surface area (Å²) in [4.78, 5) is 4.12. The number of hydrogen-bond donors (Lipinski definition) is 1. The van der Waals surface area contributed by atoms with Crippen LogP contribution in [0.25, 0.3) is 0 Å². The van der Waals surface area contributed by atoms with Crippen molar-refractivity contribution < 1.29 is 14.3 Å². The van der Waals surface area contributed by atoms with Gasteiger partial charge in [-0.25, -0.2) is 4.98 Å². The molecule has 8 atom stereocenters. The topological polar surface area (TPSA) is 60.4 Å². The molecule has 4 fully saturated rings. The number of aromatic nitrogens is 2. The Labute approximate surface area is 197 Å². The Hall–Kier alpha value is -1.59. The number of fused-ring (bicyclic) bond motifs is 5. The Morgan fingerprint density at radius 3 is 2.82 bits per heavy atom. The lowest BCUT2D eigenvalue weighted by atomic mass is 9.43. The second kappa shape index (κ2) is 7.98. The highest BCUT2D eigenvalue weighted by molar-refractivity contribution is 5.26. The van der Waals surface area contributed by atoms with E-state index in [2.05, 4.69) is 29.5 Å². The van der Waals surface area contributed by atoms with Crippen molar-refractivity contribution in [2.75, 3.05) is 6.61 Å². The van der Waals surface area contributed by atoms with E-state index in [0.29, 0.717) is 29.3 Å². The van der Waals surface area contributed by atoms with Crippen LogP contribution in [0.15, 0.2) is 41.7 Å². The SMILES string of the molecule is C[C@]12CCC(OCCn3ccnc3)CC1CC[C@@H]1[C@H]2CC[C@]2(C)C(c3ccoc3)CC[C@@]12O. The Morgan fingerprint density at radius 1 is 1.12 bits per heavy atom. The van der Waals surface area contributed by atoms with E-state index in [1.54, 1.807) is 6.26 Å². The van der Waals surface area contributed by atoms with Crippen molar-refractivity contribution in [3.05, 3.63) is 42.9 Å². The summed E-state index contributed by atoms with van der Waals surface area (Å²) in [5.41, 5.74) is 1.07. The van der Waals surface area contributed by atoms with Crippen LogP contribution >= 0.6 is 0 Å². The molecule has 2 aromatic heterocycles. The van der Waals surface area contributed by atoms with Crippen LogP contribution in [0, 0.1) is 28.6 Å². The highest BCUT2D eigenvalue weighted by atomic mass is 16.5. The van der Waals surface area contributed by atoms with Crippen LogP contribution in [0.1, 0.15) is 83.1 Å². The molecule has 0 amide bonds. The van der Waals surface area contributed by atoms with Gasteiger partial charge in [0.25, 0.3) is 0 Å². The second-order valence-electron chi connectivity index (χ2n) is 12.1. The molecule has 2 aromatic rings. The molecule has 1 N–H and O–H groups in total. The van der Waals surface area contributed by atoms with Crippen molar-refractivity contribution in [3.8, 4) is 0 Å². The van der Waals surface area contributed by atoms with Gasteiger partial charge in [0, 0.05) is 24.4 Å². The van der Waals surface area contributed by atoms with E-state index < -0.39 is 5.60 Å². The largest absolute Gasteiger partial charge is 0.472 e. The van der Waals surface area contributed by atoms with Crippen LogP contribution < -0.4 is 0 Å². The van der Waals surface area contributed by atoms with Crippen molar-refractivity contribution in [2.45, 2.75) is 95.8 Å². The molecule has 3 unspecified atom stereocenters. The molecule has 0 aromatic carbocycles. The summed E-state index contributed by atoms with van der Waals surface area (Å²) in [5.74, 6) is 2.23. The summed E-state index contributed by atoms with van der Waals surface area (Å²) in [5, 5.41) is 12.3. The molecule has 6 rings (SSSR count). The van der Waals surface area contributed by atoms with Gasteiger partial charge in [-0.3, -0.25) is 0 Å². The van der Waals surface area contributed by atoms with Gasteiger partial charge in [0.05, 0.1) is 37.2 Å². The predicted molar refractivity (Wildman–Crippen MR) is 127 cm³/mol. The van der Waals surface area contributed by atoms with E-state index >= 15 is 0 Å². The van der Waals surface area contributed by atoms with Crippen molar-refractivity contribution in [3.63, 3.8) is 0 Å². The highest BCUT2D eigenvalue weighted by Crippen LogP contribution is 2.70. The van der Waals surface area contributed by atoms with Crippen LogP contribution in [0.5, 0.6) is 0 Å². The van der Waals surface area contributed by atoms with Crippen molar-refractivity contribution in [1.82, 2.24) is 9.55 Å². The molecule has 0 saturated heterocycles. The third kappa shape index (κ3) is 3.29. The molecule has 5 heteroatoms. The fraction of sp³-hybridized carbons (Fsp3) is 0.750. The van der Waals surface area contributed by atoms with E-state index in [9.17, 15) is 5.11 Å². The van der Waals surface area contributed by atoms with Gasteiger partial charge in [0.1, 0.15) is 0 Å². The van der Waals surface area contributed by atoms with E-state index in [-0.39, 0.29) is 5.41 Å². The maximum atomic E-state index is 12.3. The first kappa shape index (κ1) is 21.9. The van der Waals surface area contributed by atoms with Crippen LogP contribution in [0.3, 0.4) is 0 Å². The number of nitrogens with zero attached hydrogens (tertiary/aromatic N) is 2. The molecule has 180 valence electrons. The van der Waals surface area contributed by atoms with E-state index in [1.165, 1.54) is 37.7 Å². The zero-order valence-electron chi connectivity index (χ0n) is 20.3. The van der Waals surface area contributed by atoms with Crippen molar-refractivity contribution in [2.24, 2.45) is 28.6 Å². The van der Waals surface area contributed by atoms with Gasteiger partial charge >= 0.3 is 0 Å². The average Bonchev–Trinajstić information content (AvgIpc) is 3.55. The standard InChI is InChI=1S/C28H40N2O3/c1-26-9-5-22(33-16-14-30-13-12-29-19-30)17-21(26)3-4-25-24(26)6-10-27(2)23(7-11-28(25,27)31)20-8-15-32-18-20/h8,12-13,15,18-19,21-25,31H,3-7,9-11,14,16-17H2,1-2H3/t21?,22?,23?,24-,25-,26+,27-,28-/m1/s1. The fourth-order valence-electron chi connectivity index (χ4n) is 9.09. The van der Waals surface area contributed by atoms with Crippen LogP contribution in [-0.2, 0) is 11.3 Å². The molecule has 4 saturated carbocycles. The van der Waals surface area contributed by atoms with E-state index in [1.807, 2.05) is 25.0 Å². The summed E-state index contributed by atoms with van der Waals surface area (Å²) < 4.78 is 13.9. The van der Waals surface area contributed by atoms with Gasteiger partial charge in [-0.15, -0.1) is 0 Å². The molecule has 0 aliphatic heterocycles. The minimum absolute atomic E-state index is 0.0329. The molecule has 0 spiro atoms. The average molecular weight is 453 g/mol. The summed E-state index contributed by atoms with van der Waals surface area (Å²) in [6.45, 7) is 6.59. The van der Waals surface area contributed by atoms with Gasteiger partial charge < -0.3 is 18.8 Å². The molecule has 0 bridgehead atoms. The molecule has 5 nitrogen and oxygen atoms in total. The summed E-state index contributed by atoms with van der Waals surface area (Å²) >= 11 is 0. The first-order valence-electron chi connectivity index (χ1n) is 13.3. The lowest BCUT2D eigenvalue weighted by Crippen LogP contribution is -2.62. The molecule has 0 radical (unpaired) electrons. The number of hydrogen-bond acceptors (Lipinski definition) is 4. The first-order valence-corrected chi connectivity index (χ1v) is 13.3. The summed E-state index contributed by atoms with van der Waals surface area (Å²) in [6.07, 6.45) is 20.2. The maximum absolute atomic E-state index is 12.3. The third-order valence-electron chi connectivity index (χ3n) is 11.0. The quantitative estimate of drug-likeness (QED) is 0.623. The van der Waals surface area contributed by atoms with Crippen molar-refractivity contribution in [1.29, 1.82) is 0 Å². The third-order valence-corrected chi connectivity index (χ3v) is 11.0. The summed E-state index contributed by atoms with van der Waals surface area (Å²) in [7, 11) is 0. The number of furan rings is 1. The maximum Gasteiger partial charge on any atom is 0.0946 e. The van der Waals surface area contributed by atoms with Crippen LogP contribution in [0.4, 0.5) is 0 Å². The van der Waals surface area contributed by atoms with E-state index in [0.717, 1.165) is 44.8 Å². The molecule has 4 aliphatic rings. The van der Waals surface area contributed by atoms with Crippen LogP contribution in [0.2, 0.25) is 0 Å². The van der Waals surface area contributed by atoms with Gasteiger partial charge in [0.15, 0.2) is 0 Å². The molecule has 2 heterocycles. The number of rotatable bonds is 5. The first-order chi connectivity index (χ1) is 15.9. The fourth-order valence-corrected chi connectivity index (χ4v) is 9.09. The molecule has 4 aliphatic carbocycles. The van der Waals surface area contributed by atoms with Gasteiger partial charge in [0.2, 0.25) is 0 Å². The number of ether oxygens (including phenoxy) is 1. The monoisotopic (exact) mass is 452 g/mol. The molecular weight excluding hydrogens is 412 g/mol. The normalized spacial score (nSPS) is 44.8. The Balaban J connectivity index is 1.15. The highest BCUT2D eigenvalue weighted by Gasteiger charge is 2.67. The molecular formula is C28H40N2O3. The van der Waals surface area contributed by atoms with Gasteiger partial charge in [-0.1, -0.05) is 13.8 Å². The lowest BCUT2D eigenvalue weighted by molar-refractivity contribution is -0.207.